The fourth-order valence-corrected chi connectivity index (χ4v) is 5.20. The number of hydrogen-bond donors (Lipinski definition) is 1. The van der Waals surface area contributed by atoms with E-state index in [2.05, 4.69) is 23.2 Å². The van der Waals surface area contributed by atoms with E-state index in [1.54, 1.807) is 23.1 Å². The maximum atomic E-state index is 13.5. The second kappa shape index (κ2) is 11.7. The number of anilines is 1. The molecule has 3 aromatic carbocycles. The van der Waals surface area contributed by atoms with Crippen LogP contribution in [0.2, 0.25) is 0 Å². The topological polar surface area (TPSA) is 61.9 Å². The normalized spacial score (nSPS) is 18.7. The van der Waals surface area contributed by atoms with E-state index in [1.807, 2.05) is 61.5 Å². The highest BCUT2D eigenvalue weighted by molar-refractivity contribution is 6.09. The number of piperidine rings is 1. The molecular formula is C32H35N3O3. The lowest BCUT2D eigenvalue weighted by molar-refractivity contribution is -0.117. The van der Waals surface area contributed by atoms with Crippen LogP contribution < -0.4 is 15.0 Å². The molecule has 1 atom stereocenters. The van der Waals surface area contributed by atoms with Crippen molar-refractivity contribution in [3.8, 4) is 5.75 Å². The van der Waals surface area contributed by atoms with Crippen LogP contribution in [0, 0.1) is 6.92 Å². The molecule has 0 radical (unpaired) electrons. The fraction of sp³-hybridized carbons (Fsp3) is 0.312. The zero-order valence-electron chi connectivity index (χ0n) is 22.2. The first kappa shape index (κ1) is 25.7. The van der Waals surface area contributed by atoms with Gasteiger partial charge in [0.05, 0.1) is 12.2 Å². The summed E-state index contributed by atoms with van der Waals surface area (Å²) in [5.74, 6) is 0.616. The van der Waals surface area contributed by atoms with Gasteiger partial charge in [-0.15, -0.1) is 0 Å². The molecule has 0 spiro atoms. The van der Waals surface area contributed by atoms with Gasteiger partial charge in [0.25, 0.3) is 11.8 Å². The molecule has 3 aromatic rings. The molecule has 2 aliphatic rings. The van der Waals surface area contributed by atoms with E-state index in [4.69, 9.17) is 4.74 Å². The van der Waals surface area contributed by atoms with Gasteiger partial charge in [0.2, 0.25) is 0 Å². The third kappa shape index (κ3) is 5.97. The Balaban J connectivity index is 1.27. The molecule has 1 unspecified atom stereocenters. The first-order valence-electron chi connectivity index (χ1n) is 13.5. The predicted molar refractivity (Wildman–Crippen MR) is 151 cm³/mol. The zero-order chi connectivity index (χ0) is 26.5. The molecule has 2 amide bonds. The van der Waals surface area contributed by atoms with E-state index in [9.17, 15) is 9.59 Å². The van der Waals surface area contributed by atoms with E-state index in [1.165, 1.54) is 19.3 Å². The number of ether oxygens (including phenoxy) is 1. The number of amides is 2. The van der Waals surface area contributed by atoms with Crippen LogP contribution in [0.25, 0.3) is 6.08 Å². The number of carbonyl (C=O) groups is 2. The van der Waals surface area contributed by atoms with Crippen LogP contribution in [-0.4, -0.2) is 42.4 Å². The summed E-state index contributed by atoms with van der Waals surface area (Å²) in [7, 11) is 0. The zero-order valence-corrected chi connectivity index (χ0v) is 22.2. The van der Waals surface area contributed by atoms with Crippen molar-refractivity contribution < 1.29 is 14.3 Å². The molecule has 0 aromatic heterocycles. The van der Waals surface area contributed by atoms with Crippen LogP contribution in [0.3, 0.4) is 0 Å². The Bertz CT molecular complexity index is 1330. The molecule has 6 nitrogen and oxygen atoms in total. The highest BCUT2D eigenvalue weighted by Crippen LogP contribution is 2.36. The van der Waals surface area contributed by atoms with Gasteiger partial charge in [0.1, 0.15) is 0 Å². The molecule has 2 aliphatic heterocycles. The highest BCUT2D eigenvalue weighted by Gasteiger charge is 2.30. The van der Waals surface area contributed by atoms with Crippen LogP contribution in [0.1, 0.15) is 53.2 Å². The van der Waals surface area contributed by atoms with Crippen molar-refractivity contribution in [3.63, 3.8) is 0 Å². The Kier molecular flexibility index (Phi) is 7.89. The summed E-state index contributed by atoms with van der Waals surface area (Å²) in [4.78, 5) is 30.4. The van der Waals surface area contributed by atoms with Gasteiger partial charge >= 0.3 is 0 Å². The van der Waals surface area contributed by atoms with Crippen molar-refractivity contribution in [2.45, 2.75) is 45.7 Å². The Morgan fingerprint density at radius 1 is 1.05 bits per heavy atom. The van der Waals surface area contributed by atoms with Crippen molar-refractivity contribution in [1.29, 1.82) is 0 Å². The molecule has 0 bridgehead atoms. The highest BCUT2D eigenvalue weighted by atomic mass is 16.5. The van der Waals surface area contributed by atoms with E-state index in [-0.39, 0.29) is 17.6 Å². The number of aryl methyl sites for hydroxylation is 1. The lowest BCUT2D eigenvalue weighted by Gasteiger charge is -2.33. The quantitative estimate of drug-likeness (QED) is 0.423. The summed E-state index contributed by atoms with van der Waals surface area (Å²) in [6.07, 6.45) is 5.49. The fourth-order valence-electron chi connectivity index (χ4n) is 5.20. The summed E-state index contributed by atoms with van der Waals surface area (Å²) in [6.45, 7) is 7.37. The third-order valence-corrected chi connectivity index (χ3v) is 7.35. The molecule has 0 saturated carbocycles. The average molecular weight is 510 g/mol. The molecule has 6 heteroatoms. The van der Waals surface area contributed by atoms with Gasteiger partial charge in [-0.1, -0.05) is 60.5 Å². The van der Waals surface area contributed by atoms with Gasteiger partial charge in [-0.05, 0) is 74.7 Å². The van der Waals surface area contributed by atoms with E-state index < -0.39 is 0 Å². The van der Waals surface area contributed by atoms with Crippen LogP contribution >= 0.6 is 0 Å². The number of nitrogens with zero attached hydrogens (tertiary/aromatic N) is 2. The van der Waals surface area contributed by atoms with Crippen LogP contribution in [0.15, 0.2) is 78.6 Å². The van der Waals surface area contributed by atoms with Crippen molar-refractivity contribution in [2.24, 2.45) is 0 Å². The van der Waals surface area contributed by atoms with E-state index >= 15 is 0 Å². The number of benzene rings is 3. The van der Waals surface area contributed by atoms with E-state index in [0.29, 0.717) is 30.4 Å². The Labute approximate surface area is 224 Å². The minimum Gasteiger partial charge on any atom is -0.449 e. The molecule has 0 aliphatic carbocycles. The lowest BCUT2D eigenvalue weighted by atomic mass is 10.0. The summed E-state index contributed by atoms with van der Waals surface area (Å²) in [5, 5.41) is 3.04. The molecule has 38 heavy (non-hydrogen) atoms. The number of nitrogens with one attached hydrogen (secondary N) is 1. The van der Waals surface area contributed by atoms with Crippen molar-refractivity contribution >= 4 is 23.6 Å². The Morgan fingerprint density at radius 3 is 2.66 bits per heavy atom. The van der Waals surface area contributed by atoms with Crippen LogP contribution in [-0.2, 0) is 11.3 Å². The van der Waals surface area contributed by atoms with Gasteiger partial charge in [-0.3, -0.25) is 19.4 Å². The second-order valence-electron chi connectivity index (χ2n) is 10.2. The number of likely N-dealkylation sites (tertiary alicyclic amines) is 1. The maximum absolute atomic E-state index is 13.5. The summed E-state index contributed by atoms with van der Waals surface area (Å²) < 4.78 is 6.02. The Hall–Kier alpha value is -3.90. The van der Waals surface area contributed by atoms with Gasteiger partial charge in [-0.2, -0.15) is 0 Å². The van der Waals surface area contributed by atoms with Crippen molar-refractivity contribution in [3.05, 3.63) is 101 Å². The minimum atomic E-state index is -0.195. The van der Waals surface area contributed by atoms with Gasteiger partial charge < -0.3 is 10.1 Å². The largest absolute Gasteiger partial charge is 0.449 e. The number of fused-ring (bicyclic) bond motifs is 1. The second-order valence-corrected chi connectivity index (χ2v) is 10.2. The van der Waals surface area contributed by atoms with Gasteiger partial charge in [-0.25, -0.2) is 0 Å². The van der Waals surface area contributed by atoms with Crippen molar-refractivity contribution in [2.75, 3.05) is 24.5 Å². The predicted octanol–water partition coefficient (Wildman–Crippen LogP) is 5.57. The Morgan fingerprint density at radius 2 is 1.87 bits per heavy atom. The number of rotatable bonds is 7. The van der Waals surface area contributed by atoms with Crippen molar-refractivity contribution in [1.82, 2.24) is 10.2 Å². The molecule has 196 valence electrons. The van der Waals surface area contributed by atoms with Crippen LogP contribution in [0.4, 0.5) is 5.69 Å². The third-order valence-electron chi connectivity index (χ3n) is 7.35. The first-order valence-corrected chi connectivity index (χ1v) is 13.5. The number of para-hydroxylation sites is 2. The standard InChI is InChI=1S/C32H35N3O3/c1-23-8-7-10-26(20-23)22-35-28-11-3-4-12-29(28)38-30(32(35)37)21-25-13-15-27(16-14-25)31(36)33-17-19-34-18-6-5-9-24(34)2/h3-4,7-8,10-16,20-21,24H,5-6,9,17-19,22H2,1-2H3,(H,33,36). The molecule has 5 rings (SSSR count). The number of hydrogen-bond acceptors (Lipinski definition) is 4. The van der Waals surface area contributed by atoms with Gasteiger partial charge in [0, 0.05) is 24.7 Å². The first-order chi connectivity index (χ1) is 18.5. The lowest BCUT2D eigenvalue weighted by Crippen LogP contribution is -2.42. The molecule has 1 N–H and O–H groups in total. The summed E-state index contributed by atoms with van der Waals surface area (Å²) in [5.41, 5.74) is 4.35. The van der Waals surface area contributed by atoms with E-state index in [0.717, 1.165) is 35.5 Å². The molecule has 2 heterocycles. The molecular weight excluding hydrogens is 474 g/mol. The average Bonchev–Trinajstić information content (AvgIpc) is 2.92. The minimum absolute atomic E-state index is 0.0860. The monoisotopic (exact) mass is 509 g/mol. The summed E-state index contributed by atoms with van der Waals surface area (Å²) in [6, 6.07) is 23.6. The SMILES string of the molecule is Cc1cccc(CN2C(=O)C(=Cc3ccc(C(=O)NCCN4CCCCC4C)cc3)Oc3ccccc32)c1. The molecule has 1 fully saturated rings. The molecule has 1 saturated heterocycles. The van der Waals surface area contributed by atoms with Gasteiger partial charge in [0.15, 0.2) is 11.5 Å². The maximum Gasteiger partial charge on any atom is 0.294 e. The number of carbonyl (C=O) groups excluding carboxylic acids is 2. The smallest absolute Gasteiger partial charge is 0.294 e. The van der Waals surface area contributed by atoms with Crippen LogP contribution in [0.5, 0.6) is 5.75 Å². The summed E-state index contributed by atoms with van der Waals surface area (Å²) >= 11 is 0.